The first-order chi connectivity index (χ1) is 8.93. The SMILES string of the molecule is CCC(C)=C(C)C(=O)NCC1(C(=O)O)CCOCC1. The maximum atomic E-state index is 12.0. The molecule has 1 amide bonds. The molecule has 0 aromatic rings. The van der Waals surface area contributed by atoms with E-state index in [1.807, 2.05) is 13.8 Å². The Bertz CT molecular complexity index is 381. The molecule has 0 spiro atoms. The molecule has 1 heterocycles. The molecule has 1 aliphatic rings. The van der Waals surface area contributed by atoms with Crippen LogP contribution in [0.3, 0.4) is 0 Å². The number of carbonyl (C=O) groups is 2. The second kappa shape index (κ2) is 6.70. The summed E-state index contributed by atoms with van der Waals surface area (Å²) < 4.78 is 5.20. The van der Waals surface area contributed by atoms with Gasteiger partial charge in [0.2, 0.25) is 5.91 Å². The monoisotopic (exact) mass is 269 g/mol. The van der Waals surface area contributed by atoms with Crippen LogP contribution in [0, 0.1) is 5.41 Å². The molecule has 0 atom stereocenters. The van der Waals surface area contributed by atoms with Crippen molar-refractivity contribution in [3.63, 3.8) is 0 Å². The summed E-state index contributed by atoms with van der Waals surface area (Å²) in [5.74, 6) is -1.03. The highest BCUT2D eigenvalue weighted by Crippen LogP contribution is 2.30. The molecular formula is C14H23NO4. The number of aliphatic carboxylic acids is 1. The van der Waals surface area contributed by atoms with Crippen LogP contribution in [0.2, 0.25) is 0 Å². The number of hydrogen-bond acceptors (Lipinski definition) is 3. The Labute approximate surface area is 114 Å². The molecular weight excluding hydrogens is 246 g/mol. The van der Waals surface area contributed by atoms with E-state index in [2.05, 4.69) is 5.32 Å². The van der Waals surface area contributed by atoms with E-state index in [4.69, 9.17) is 4.74 Å². The molecule has 0 aromatic carbocycles. The van der Waals surface area contributed by atoms with Crippen LogP contribution in [0.4, 0.5) is 0 Å². The summed E-state index contributed by atoms with van der Waals surface area (Å²) in [6.45, 7) is 6.71. The van der Waals surface area contributed by atoms with Crippen molar-refractivity contribution in [3.8, 4) is 0 Å². The van der Waals surface area contributed by atoms with Crippen molar-refractivity contribution >= 4 is 11.9 Å². The average molecular weight is 269 g/mol. The van der Waals surface area contributed by atoms with Crippen LogP contribution >= 0.6 is 0 Å². The normalized spacial score (nSPS) is 19.5. The number of carbonyl (C=O) groups excluding carboxylic acids is 1. The summed E-state index contributed by atoms with van der Waals surface area (Å²) in [6, 6.07) is 0. The number of carboxylic acids is 1. The lowest BCUT2D eigenvalue weighted by atomic mass is 9.80. The fourth-order valence-corrected chi connectivity index (χ4v) is 2.07. The van der Waals surface area contributed by atoms with E-state index in [1.165, 1.54) is 0 Å². The van der Waals surface area contributed by atoms with Gasteiger partial charge in [0, 0.05) is 25.3 Å². The molecule has 0 bridgehead atoms. The number of nitrogens with one attached hydrogen (secondary N) is 1. The van der Waals surface area contributed by atoms with E-state index in [-0.39, 0.29) is 12.5 Å². The summed E-state index contributed by atoms with van der Waals surface area (Å²) in [7, 11) is 0. The Hall–Kier alpha value is -1.36. The van der Waals surface area contributed by atoms with Gasteiger partial charge in [-0.05, 0) is 33.1 Å². The highest BCUT2D eigenvalue weighted by molar-refractivity contribution is 5.93. The molecule has 0 aromatic heterocycles. The third kappa shape index (κ3) is 3.80. The molecule has 1 saturated heterocycles. The van der Waals surface area contributed by atoms with Gasteiger partial charge in [0.05, 0.1) is 5.41 Å². The number of hydrogen-bond donors (Lipinski definition) is 2. The first-order valence-corrected chi connectivity index (χ1v) is 6.68. The quantitative estimate of drug-likeness (QED) is 0.745. The summed E-state index contributed by atoms with van der Waals surface area (Å²) >= 11 is 0. The van der Waals surface area contributed by atoms with Crippen molar-refractivity contribution in [2.45, 2.75) is 40.0 Å². The topological polar surface area (TPSA) is 75.6 Å². The molecule has 19 heavy (non-hydrogen) atoms. The fourth-order valence-electron chi connectivity index (χ4n) is 2.07. The van der Waals surface area contributed by atoms with E-state index in [9.17, 15) is 14.7 Å². The lowest BCUT2D eigenvalue weighted by Gasteiger charge is -2.33. The summed E-state index contributed by atoms with van der Waals surface area (Å²) in [6.07, 6.45) is 1.70. The zero-order chi connectivity index (χ0) is 14.5. The predicted octanol–water partition coefficient (Wildman–Crippen LogP) is 1.73. The standard InChI is InChI=1S/C14H23NO4/c1-4-10(2)11(3)12(16)15-9-14(13(17)18)5-7-19-8-6-14/h4-9H2,1-3H3,(H,15,16)(H,17,18). The van der Waals surface area contributed by atoms with Crippen molar-refractivity contribution < 1.29 is 19.4 Å². The molecule has 5 nitrogen and oxygen atoms in total. The number of carboxylic acid groups (broad SMARTS) is 1. The maximum absolute atomic E-state index is 12.0. The van der Waals surface area contributed by atoms with Crippen molar-refractivity contribution in [2.24, 2.45) is 5.41 Å². The Morgan fingerprint density at radius 1 is 1.26 bits per heavy atom. The first-order valence-electron chi connectivity index (χ1n) is 6.68. The molecule has 0 radical (unpaired) electrons. The number of rotatable bonds is 5. The highest BCUT2D eigenvalue weighted by atomic mass is 16.5. The van der Waals surface area contributed by atoms with Crippen molar-refractivity contribution in [1.82, 2.24) is 5.32 Å². The van der Waals surface area contributed by atoms with E-state index >= 15 is 0 Å². The molecule has 0 unspecified atom stereocenters. The second-order valence-electron chi connectivity index (χ2n) is 5.14. The zero-order valence-corrected chi connectivity index (χ0v) is 11.9. The lowest BCUT2D eigenvalue weighted by molar-refractivity contribution is -0.154. The zero-order valence-electron chi connectivity index (χ0n) is 11.9. The summed E-state index contributed by atoms with van der Waals surface area (Å²) in [5, 5.41) is 12.1. The minimum atomic E-state index is -0.881. The Morgan fingerprint density at radius 3 is 2.32 bits per heavy atom. The summed E-state index contributed by atoms with van der Waals surface area (Å²) in [4.78, 5) is 23.4. The van der Waals surface area contributed by atoms with Crippen molar-refractivity contribution in [2.75, 3.05) is 19.8 Å². The molecule has 108 valence electrons. The van der Waals surface area contributed by atoms with Crippen LogP contribution < -0.4 is 5.32 Å². The van der Waals surface area contributed by atoms with Crippen LogP contribution in [-0.4, -0.2) is 36.7 Å². The van der Waals surface area contributed by atoms with Crippen LogP contribution in [0.1, 0.15) is 40.0 Å². The van der Waals surface area contributed by atoms with E-state index in [1.54, 1.807) is 6.92 Å². The molecule has 1 rings (SSSR count). The van der Waals surface area contributed by atoms with Gasteiger partial charge in [0.15, 0.2) is 0 Å². The lowest BCUT2D eigenvalue weighted by Crippen LogP contribution is -2.46. The van der Waals surface area contributed by atoms with Gasteiger partial charge < -0.3 is 15.2 Å². The molecule has 5 heteroatoms. The number of amides is 1. The van der Waals surface area contributed by atoms with E-state index < -0.39 is 11.4 Å². The van der Waals surface area contributed by atoms with Crippen molar-refractivity contribution in [1.29, 1.82) is 0 Å². The molecule has 0 aliphatic carbocycles. The Kier molecular flexibility index (Phi) is 5.54. The summed E-state index contributed by atoms with van der Waals surface area (Å²) in [5.41, 5.74) is 0.817. The number of allylic oxidation sites excluding steroid dienone is 1. The number of ether oxygens (including phenoxy) is 1. The Morgan fingerprint density at radius 2 is 1.84 bits per heavy atom. The van der Waals surface area contributed by atoms with E-state index in [0.717, 1.165) is 12.0 Å². The maximum Gasteiger partial charge on any atom is 0.311 e. The van der Waals surface area contributed by atoms with Crippen molar-refractivity contribution in [3.05, 3.63) is 11.1 Å². The van der Waals surface area contributed by atoms with Gasteiger partial charge >= 0.3 is 5.97 Å². The molecule has 0 saturated carbocycles. The molecule has 2 N–H and O–H groups in total. The fraction of sp³-hybridized carbons (Fsp3) is 0.714. The molecule has 1 aliphatic heterocycles. The average Bonchev–Trinajstić information content (AvgIpc) is 2.43. The van der Waals surface area contributed by atoms with Gasteiger partial charge in [-0.25, -0.2) is 0 Å². The van der Waals surface area contributed by atoms with Gasteiger partial charge in [-0.1, -0.05) is 12.5 Å². The Balaban J connectivity index is 2.68. The largest absolute Gasteiger partial charge is 0.481 e. The minimum Gasteiger partial charge on any atom is -0.481 e. The minimum absolute atomic E-state index is 0.166. The van der Waals surface area contributed by atoms with Gasteiger partial charge in [-0.15, -0.1) is 0 Å². The van der Waals surface area contributed by atoms with Gasteiger partial charge in [-0.2, -0.15) is 0 Å². The van der Waals surface area contributed by atoms with E-state index in [0.29, 0.717) is 31.6 Å². The third-order valence-electron chi connectivity index (χ3n) is 4.00. The second-order valence-corrected chi connectivity index (χ2v) is 5.14. The highest BCUT2D eigenvalue weighted by Gasteiger charge is 2.40. The predicted molar refractivity (Wildman–Crippen MR) is 71.8 cm³/mol. The van der Waals surface area contributed by atoms with Crippen LogP contribution in [0.15, 0.2) is 11.1 Å². The van der Waals surface area contributed by atoms with Gasteiger partial charge in [-0.3, -0.25) is 9.59 Å². The van der Waals surface area contributed by atoms with Crippen LogP contribution in [0.5, 0.6) is 0 Å². The third-order valence-corrected chi connectivity index (χ3v) is 4.00. The smallest absolute Gasteiger partial charge is 0.311 e. The van der Waals surface area contributed by atoms with Crippen LogP contribution in [0.25, 0.3) is 0 Å². The van der Waals surface area contributed by atoms with Crippen LogP contribution in [-0.2, 0) is 14.3 Å². The van der Waals surface area contributed by atoms with Gasteiger partial charge in [0.25, 0.3) is 0 Å². The first kappa shape index (κ1) is 15.7. The molecule has 1 fully saturated rings. The van der Waals surface area contributed by atoms with Gasteiger partial charge in [0.1, 0.15) is 0 Å².